The summed E-state index contributed by atoms with van der Waals surface area (Å²) in [4.78, 5) is 18.2. The summed E-state index contributed by atoms with van der Waals surface area (Å²) in [6, 6.07) is 11.3. The highest BCUT2D eigenvalue weighted by molar-refractivity contribution is 5.94. The van der Waals surface area contributed by atoms with Crippen LogP contribution in [0.25, 0.3) is 0 Å². The fourth-order valence-electron chi connectivity index (χ4n) is 2.02. The second-order valence-electron chi connectivity index (χ2n) is 5.15. The number of ether oxygens (including phenoxy) is 1. The molecule has 5 nitrogen and oxygen atoms in total. The summed E-state index contributed by atoms with van der Waals surface area (Å²) in [5.74, 6) is 1.52. The van der Waals surface area contributed by atoms with Crippen LogP contribution >= 0.6 is 0 Å². The number of pyridine rings is 1. The van der Waals surface area contributed by atoms with Crippen LogP contribution in [0.4, 0.5) is 5.82 Å². The number of nitrogens with zero attached hydrogens (tertiary/aromatic N) is 2. The minimum Gasteiger partial charge on any atom is -0.497 e. The molecule has 0 saturated carbocycles. The van der Waals surface area contributed by atoms with Gasteiger partial charge < -0.3 is 15.0 Å². The van der Waals surface area contributed by atoms with E-state index in [1.807, 2.05) is 43.3 Å². The number of hydrogen-bond donors (Lipinski definition) is 1. The smallest absolute Gasteiger partial charge is 0.251 e. The van der Waals surface area contributed by atoms with Crippen LogP contribution in [-0.2, 0) is 6.42 Å². The predicted octanol–water partition coefficient (Wildman–Crippen LogP) is 2.13. The lowest BCUT2D eigenvalue weighted by molar-refractivity contribution is 0.0954. The molecule has 0 aliphatic carbocycles. The van der Waals surface area contributed by atoms with Crippen LogP contribution in [0.5, 0.6) is 5.75 Å². The standard InChI is InChI=1S/C17H21N3O2/c1-20(2)16-12-14(9-11-18-16)17(21)19-10-8-13-4-6-15(22-3)7-5-13/h4-7,9,11-12H,8,10H2,1-3H3,(H,19,21). The average Bonchev–Trinajstić information content (AvgIpc) is 2.55. The van der Waals surface area contributed by atoms with Crippen molar-refractivity contribution >= 4 is 11.7 Å². The monoisotopic (exact) mass is 299 g/mol. The Hall–Kier alpha value is -2.56. The quantitative estimate of drug-likeness (QED) is 0.888. The highest BCUT2D eigenvalue weighted by Crippen LogP contribution is 2.12. The van der Waals surface area contributed by atoms with Crippen molar-refractivity contribution in [1.82, 2.24) is 10.3 Å². The van der Waals surface area contributed by atoms with Crippen molar-refractivity contribution in [2.24, 2.45) is 0 Å². The summed E-state index contributed by atoms with van der Waals surface area (Å²) in [6.45, 7) is 0.588. The molecular weight excluding hydrogens is 278 g/mol. The fourth-order valence-corrected chi connectivity index (χ4v) is 2.02. The Kier molecular flexibility index (Phi) is 5.36. The summed E-state index contributed by atoms with van der Waals surface area (Å²) in [5, 5.41) is 2.93. The van der Waals surface area contributed by atoms with Gasteiger partial charge in [0.1, 0.15) is 11.6 Å². The van der Waals surface area contributed by atoms with Crippen molar-refractivity contribution in [3.63, 3.8) is 0 Å². The molecule has 0 aliphatic heterocycles. The summed E-state index contributed by atoms with van der Waals surface area (Å²) in [6.07, 6.45) is 2.43. The summed E-state index contributed by atoms with van der Waals surface area (Å²) < 4.78 is 5.12. The molecule has 2 rings (SSSR count). The molecule has 1 amide bonds. The van der Waals surface area contributed by atoms with E-state index in [4.69, 9.17) is 4.74 Å². The topological polar surface area (TPSA) is 54.5 Å². The first-order chi connectivity index (χ1) is 10.6. The van der Waals surface area contributed by atoms with Gasteiger partial charge in [0.15, 0.2) is 0 Å². The van der Waals surface area contributed by atoms with Crippen LogP contribution in [0.15, 0.2) is 42.6 Å². The fraction of sp³-hybridized carbons (Fsp3) is 0.294. The third kappa shape index (κ3) is 4.22. The maximum Gasteiger partial charge on any atom is 0.251 e. The van der Waals surface area contributed by atoms with E-state index in [1.54, 1.807) is 25.4 Å². The number of benzene rings is 1. The van der Waals surface area contributed by atoms with Crippen LogP contribution in [0.1, 0.15) is 15.9 Å². The van der Waals surface area contributed by atoms with E-state index < -0.39 is 0 Å². The second kappa shape index (κ2) is 7.45. The Balaban J connectivity index is 1.88. The van der Waals surface area contributed by atoms with Crippen molar-refractivity contribution in [1.29, 1.82) is 0 Å². The van der Waals surface area contributed by atoms with Gasteiger partial charge in [-0.2, -0.15) is 0 Å². The highest BCUT2D eigenvalue weighted by atomic mass is 16.5. The van der Waals surface area contributed by atoms with Gasteiger partial charge in [-0.3, -0.25) is 4.79 Å². The third-order valence-corrected chi connectivity index (χ3v) is 3.32. The summed E-state index contributed by atoms with van der Waals surface area (Å²) in [7, 11) is 5.44. The predicted molar refractivity (Wildman–Crippen MR) is 87.6 cm³/mol. The van der Waals surface area contributed by atoms with Crippen LogP contribution in [0.3, 0.4) is 0 Å². The number of hydrogen-bond acceptors (Lipinski definition) is 4. The number of carbonyl (C=O) groups excluding carboxylic acids is 1. The zero-order valence-electron chi connectivity index (χ0n) is 13.2. The lowest BCUT2D eigenvalue weighted by Gasteiger charge is -2.12. The highest BCUT2D eigenvalue weighted by Gasteiger charge is 2.07. The molecule has 0 spiro atoms. The maximum absolute atomic E-state index is 12.1. The molecule has 5 heteroatoms. The van der Waals surface area contributed by atoms with Crippen molar-refractivity contribution < 1.29 is 9.53 Å². The normalized spacial score (nSPS) is 10.1. The Labute approximate surface area is 130 Å². The van der Waals surface area contributed by atoms with Gasteiger partial charge in [-0.25, -0.2) is 4.98 Å². The molecule has 1 aromatic heterocycles. The lowest BCUT2D eigenvalue weighted by Crippen LogP contribution is -2.26. The number of aromatic nitrogens is 1. The van der Waals surface area contributed by atoms with Crippen molar-refractivity contribution in [3.8, 4) is 5.75 Å². The Morgan fingerprint density at radius 3 is 2.59 bits per heavy atom. The largest absolute Gasteiger partial charge is 0.497 e. The van der Waals surface area contributed by atoms with E-state index in [2.05, 4.69) is 10.3 Å². The van der Waals surface area contributed by atoms with Crippen LogP contribution in [0.2, 0.25) is 0 Å². The van der Waals surface area contributed by atoms with Gasteiger partial charge in [0.2, 0.25) is 0 Å². The molecule has 1 N–H and O–H groups in total. The van der Waals surface area contributed by atoms with E-state index in [1.165, 1.54) is 0 Å². The van der Waals surface area contributed by atoms with E-state index in [0.29, 0.717) is 12.1 Å². The van der Waals surface area contributed by atoms with E-state index in [9.17, 15) is 4.79 Å². The first-order valence-corrected chi connectivity index (χ1v) is 7.14. The minimum absolute atomic E-state index is 0.0842. The van der Waals surface area contributed by atoms with Crippen molar-refractivity contribution in [2.75, 3.05) is 32.6 Å². The second-order valence-corrected chi connectivity index (χ2v) is 5.15. The van der Waals surface area contributed by atoms with Crippen LogP contribution in [0, 0.1) is 0 Å². The molecule has 0 saturated heterocycles. The zero-order valence-corrected chi connectivity index (χ0v) is 13.2. The molecule has 0 atom stereocenters. The molecule has 2 aromatic rings. The molecule has 22 heavy (non-hydrogen) atoms. The molecule has 116 valence electrons. The summed E-state index contributed by atoms with van der Waals surface area (Å²) >= 11 is 0. The number of methoxy groups -OCH3 is 1. The molecule has 0 aliphatic rings. The molecule has 1 aromatic carbocycles. The van der Waals surface area contributed by atoms with Crippen molar-refractivity contribution in [2.45, 2.75) is 6.42 Å². The van der Waals surface area contributed by atoms with Crippen LogP contribution < -0.4 is 15.0 Å². The lowest BCUT2D eigenvalue weighted by atomic mass is 10.1. The SMILES string of the molecule is COc1ccc(CCNC(=O)c2ccnc(N(C)C)c2)cc1. The summed E-state index contributed by atoms with van der Waals surface area (Å²) in [5.41, 5.74) is 1.78. The number of amides is 1. The van der Waals surface area contributed by atoms with Crippen molar-refractivity contribution in [3.05, 3.63) is 53.7 Å². The maximum atomic E-state index is 12.1. The number of rotatable bonds is 6. The molecule has 0 bridgehead atoms. The van der Waals surface area contributed by atoms with E-state index in [0.717, 1.165) is 23.6 Å². The van der Waals surface area contributed by atoms with Gasteiger partial charge in [0, 0.05) is 32.4 Å². The minimum atomic E-state index is -0.0842. The van der Waals surface area contributed by atoms with Gasteiger partial charge >= 0.3 is 0 Å². The molecule has 0 unspecified atom stereocenters. The number of anilines is 1. The molecule has 0 radical (unpaired) electrons. The average molecular weight is 299 g/mol. The molecule has 1 heterocycles. The first kappa shape index (κ1) is 15.8. The first-order valence-electron chi connectivity index (χ1n) is 7.14. The number of carbonyl (C=O) groups is 1. The Bertz CT molecular complexity index is 624. The van der Waals surface area contributed by atoms with Crippen LogP contribution in [-0.4, -0.2) is 38.6 Å². The number of nitrogens with one attached hydrogen (secondary N) is 1. The van der Waals surface area contributed by atoms with Gasteiger partial charge in [-0.1, -0.05) is 12.1 Å². The third-order valence-electron chi connectivity index (χ3n) is 3.32. The van der Waals surface area contributed by atoms with E-state index in [-0.39, 0.29) is 5.91 Å². The van der Waals surface area contributed by atoms with Gasteiger partial charge in [0.05, 0.1) is 7.11 Å². The van der Waals surface area contributed by atoms with Gasteiger partial charge in [-0.05, 0) is 36.2 Å². The van der Waals surface area contributed by atoms with Gasteiger partial charge in [0.25, 0.3) is 5.91 Å². The molecular formula is C17H21N3O2. The van der Waals surface area contributed by atoms with Gasteiger partial charge in [-0.15, -0.1) is 0 Å². The van der Waals surface area contributed by atoms with E-state index >= 15 is 0 Å². The zero-order chi connectivity index (χ0) is 15.9. The Morgan fingerprint density at radius 1 is 1.23 bits per heavy atom. The molecule has 0 fully saturated rings. The Morgan fingerprint density at radius 2 is 1.95 bits per heavy atom.